The van der Waals surface area contributed by atoms with Crippen LogP contribution in [0, 0.1) is 5.92 Å². The molecule has 1 N–H and O–H groups in total. The van der Waals surface area contributed by atoms with Crippen LogP contribution in [-0.4, -0.2) is 77.3 Å². The maximum atomic E-state index is 5.64. The van der Waals surface area contributed by atoms with E-state index in [1.165, 1.54) is 19.4 Å². The Bertz CT molecular complexity index is 240. The van der Waals surface area contributed by atoms with Crippen LogP contribution < -0.4 is 5.32 Å². The first kappa shape index (κ1) is 18.8. The highest BCUT2D eigenvalue weighted by Crippen LogP contribution is 2.15. The molecule has 1 aliphatic rings. The number of rotatable bonds is 13. The van der Waals surface area contributed by atoms with Crippen LogP contribution in [0.3, 0.4) is 0 Å². The molecular weight excluding hydrogens is 268 g/mol. The minimum Gasteiger partial charge on any atom is -0.382 e. The fourth-order valence-electron chi connectivity index (χ4n) is 2.61. The van der Waals surface area contributed by atoms with Crippen LogP contribution in [0.2, 0.25) is 0 Å². The van der Waals surface area contributed by atoms with Crippen LogP contribution in [-0.2, 0) is 14.2 Å². The number of nitrogens with one attached hydrogen (secondary N) is 1. The highest BCUT2D eigenvalue weighted by atomic mass is 16.5. The normalized spacial score (nSPS) is 19.7. The Hall–Kier alpha value is -0.200. The average molecular weight is 302 g/mol. The summed E-state index contributed by atoms with van der Waals surface area (Å²) in [6.45, 7) is 12.4. The van der Waals surface area contributed by atoms with E-state index in [0.29, 0.717) is 32.5 Å². The average Bonchev–Trinajstić information content (AvgIpc) is 2.89. The molecular formula is C16H34N2O3. The summed E-state index contributed by atoms with van der Waals surface area (Å²) in [5.74, 6) is 0.723. The summed E-state index contributed by atoms with van der Waals surface area (Å²) < 4.78 is 15.9. The van der Waals surface area contributed by atoms with Gasteiger partial charge in [0.15, 0.2) is 0 Å². The van der Waals surface area contributed by atoms with Crippen molar-refractivity contribution in [2.75, 3.05) is 66.3 Å². The van der Waals surface area contributed by atoms with Gasteiger partial charge in [-0.3, -0.25) is 4.90 Å². The molecule has 21 heavy (non-hydrogen) atoms. The molecule has 0 aromatic heterocycles. The van der Waals surface area contributed by atoms with E-state index in [2.05, 4.69) is 24.1 Å². The van der Waals surface area contributed by atoms with Crippen LogP contribution in [0.25, 0.3) is 0 Å². The van der Waals surface area contributed by atoms with Gasteiger partial charge in [-0.25, -0.2) is 0 Å². The minimum atomic E-state index is 0.648. The second-order valence-electron chi connectivity index (χ2n) is 6.10. The van der Waals surface area contributed by atoms with E-state index in [1.54, 1.807) is 7.11 Å². The highest BCUT2D eigenvalue weighted by molar-refractivity contribution is 4.80. The Balaban J connectivity index is 1.97. The fraction of sp³-hybridized carbons (Fsp3) is 1.00. The quantitative estimate of drug-likeness (QED) is 0.521. The molecule has 0 radical (unpaired) electrons. The molecule has 1 rings (SSSR count). The van der Waals surface area contributed by atoms with E-state index in [1.807, 2.05) is 0 Å². The minimum absolute atomic E-state index is 0.648. The van der Waals surface area contributed by atoms with Gasteiger partial charge in [-0.1, -0.05) is 13.8 Å². The first-order valence-electron chi connectivity index (χ1n) is 8.33. The number of likely N-dealkylation sites (tertiary alicyclic amines) is 1. The maximum Gasteiger partial charge on any atom is 0.0701 e. The predicted octanol–water partition coefficient (Wildman–Crippen LogP) is 1.38. The van der Waals surface area contributed by atoms with Crippen molar-refractivity contribution in [1.29, 1.82) is 0 Å². The van der Waals surface area contributed by atoms with Crippen LogP contribution >= 0.6 is 0 Å². The Morgan fingerprint density at radius 1 is 1.10 bits per heavy atom. The molecule has 1 unspecified atom stereocenters. The number of nitrogens with zero attached hydrogens (tertiary/aromatic N) is 1. The SMILES string of the molecule is COCCOCCOCCN1CCCC1CNCC(C)C. The van der Waals surface area contributed by atoms with Crippen molar-refractivity contribution in [1.82, 2.24) is 10.2 Å². The summed E-state index contributed by atoms with van der Waals surface area (Å²) in [5.41, 5.74) is 0. The van der Waals surface area contributed by atoms with Gasteiger partial charge in [-0.05, 0) is 31.8 Å². The Labute approximate surface area is 130 Å². The molecule has 0 saturated carbocycles. The monoisotopic (exact) mass is 302 g/mol. The van der Waals surface area contributed by atoms with Gasteiger partial charge in [-0.15, -0.1) is 0 Å². The summed E-state index contributed by atoms with van der Waals surface area (Å²) >= 11 is 0. The standard InChI is InChI=1S/C16H34N2O3/c1-15(2)13-17-14-16-5-4-6-18(16)7-8-20-11-12-21-10-9-19-3/h15-17H,4-14H2,1-3H3. The first-order valence-corrected chi connectivity index (χ1v) is 8.33. The Morgan fingerprint density at radius 2 is 1.81 bits per heavy atom. The van der Waals surface area contributed by atoms with Crippen molar-refractivity contribution in [3.63, 3.8) is 0 Å². The lowest BCUT2D eigenvalue weighted by atomic mass is 10.2. The van der Waals surface area contributed by atoms with Gasteiger partial charge in [0.2, 0.25) is 0 Å². The molecule has 0 aliphatic carbocycles. The number of hydrogen-bond acceptors (Lipinski definition) is 5. The fourth-order valence-corrected chi connectivity index (χ4v) is 2.61. The van der Waals surface area contributed by atoms with Gasteiger partial charge in [0, 0.05) is 26.2 Å². The Morgan fingerprint density at radius 3 is 2.52 bits per heavy atom. The van der Waals surface area contributed by atoms with Crippen LogP contribution in [0.1, 0.15) is 26.7 Å². The Kier molecular flexibility index (Phi) is 11.1. The summed E-state index contributed by atoms with van der Waals surface area (Å²) in [6, 6.07) is 0.685. The molecule has 0 aromatic carbocycles. The molecule has 1 atom stereocenters. The van der Waals surface area contributed by atoms with Crippen molar-refractivity contribution in [3.8, 4) is 0 Å². The summed E-state index contributed by atoms with van der Waals surface area (Å²) in [5, 5.41) is 3.57. The van der Waals surface area contributed by atoms with Crippen molar-refractivity contribution in [3.05, 3.63) is 0 Å². The molecule has 1 aliphatic heterocycles. The van der Waals surface area contributed by atoms with Crippen LogP contribution in [0.4, 0.5) is 0 Å². The third-order valence-electron chi connectivity index (χ3n) is 3.76. The van der Waals surface area contributed by atoms with Gasteiger partial charge >= 0.3 is 0 Å². The molecule has 5 heteroatoms. The zero-order valence-corrected chi connectivity index (χ0v) is 14.1. The summed E-state index contributed by atoms with van der Waals surface area (Å²) in [7, 11) is 1.68. The van der Waals surface area contributed by atoms with E-state index >= 15 is 0 Å². The van der Waals surface area contributed by atoms with Gasteiger partial charge in [0.05, 0.1) is 33.0 Å². The smallest absolute Gasteiger partial charge is 0.0701 e. The van der Waals surface area contributed by atoms with Crippen LogP contribution in [0.5, 0.6) is 0 Å². The molecule has 1 fully saturated rings. The third kappa shape index (κ3) is 9.42. The lowest BCUT2D eigenvalue weighted by Crippen LogP contribution is -2.40. The molecule has 5 nitrogen and oxygen atoms in total. The number of methoxy groups -OCH3 is 1. The van der Waals surface area contributed by atoms with Crippen molar-refractivity contribution < 1.29 is 14.2 Å². The second-order valence-corrected chi connectivity index (χ2v) is 6.10. The largest absolute Gasteiger partial charge is 0.382 e. The van der Waals surface area contributed by atoms with E-state index in [9.17, 15) is 0 Å². The highest BCUT2D eigenvalue weighted by Gasteiger charge is 2.23. The maximum absolute atomic E-state index is 5.64. The molecule has 0 bridgehead atoms. The first-order chi connectivity index (χ1) is 10.2. The zero-order chi connectivity index (χ0) is 15.3. The number of hydrogen-bond donors (Lipinski definition) is 1. The lowest BCUT2D eigenvalue weighted by Gasteiger charge is -2.25. The molecule has 0 aromatic rings. The topological polar surface area (TPSA) is 43.0 Å². The third-order valence-corrected chi connectivity index (χ3v) is 3.76. The molecule has 126 valence electrons. The molecule has 0 spiro atoms. The molecule has 1 heterocycles. The summed E-state index contributed by atoms with van der Waals surface area (Å²) in [6.07, 6.45) is 2.62. The van der Waals surface area contributed by atoms with Gasteiger partial charge < -0.3 is 19.5 Å². The van der Waals surface area contributed by atoms with Crippen molar-refractivity contribution in [2.45, 2.75) is 32.7 Å². The van der Waals surface area contributed by atoms with E-state index in [4.69, 9.17) is 14.2 Å². The van der Waals surface area contributed by atoms with E-state index < -0.39 is 0 Å². The van der Waals surface area contributed by atoms with Gasteiger partial charge in [-0.2, -0.15) is 0 Å². The molecule has 1 saturated heterocycles. The van der Waals surface area contributed by atoms with Gasteiger partial charge in [0.1, 0.15) is 0 Å². The predicted molar refractivity (Wildman–Crippen MR) is 85.8 cm³/mol. The van der Waals surface area contributed by atoms with Crippen LogP contribution in [0.15, 0.2) is 0 Å². The van der Waals surface area contributed by atoms with Gasteiger partial charge in [0.25, 0.3) is 0 Å². The van der Waals surface area contributed by atoms with E-state index in [0.717, 1.165) is 32.2 Å². The zero-order valence-electron chi connectivity index (χ0n) is 14.1. The van der Waals surface area contributed by atoms with E-state index in [-0.39, 0.29) is 0 Å². The second kappa shape index (κ2) is 12.4. The number of ether oxygens (including phenoxy) is 3. The van der Waals surface area contributed by atoms with Crippen molar-refractivity contribution in [2.24, 2.45) is 5.92 Å². The van der Waals surface area contributed by atoms with Crippen molar-refractivity contribution >= 4 is 0 Å². The lowest BCUT2D eigenvalue weighted by molar-refractivity contribution is 0.0187. The molecule has 0 amide bonds. The summed E-state index contributed by atoms with van der Waals surface area (Å²) in [4.78, 5) is 2.55.